The highest BCUT2D eigenvalue weighted by Crippen LogP contribution is 2.50. The number of aryl methyl sites for hydroxylation is 2. The number of alkyl halides is 1. The molecule has 1 aromatic carbocycles. The molecule has 3 aromatic rings. The SMILES string of the molecule is C=C(C1=CC2C(Cl)[C@@H]2C=C1)c1cc(-c2c(C)noc2C)cc2[nH]c(C3CC3)nc12. The summed E-state index contributed by atoms with van der Waals surface area (Å²) < 4.78 is 5.43. The topological polar surface area (TPSA) is 54.7 Å². The van der Waals surface area contributed by atoms with Crippen molar-refractivity contribution in [1.29, 1.82) is 0 Å². The fourth-order valence-electron chi connectivity index (χ4n) is 4.55. The summed E-state index contributed by atoms with van der Waals surface area (Å²) in [5, 5.41) is 4.36. The molecule has 0 radical (unpaired) electrons. The molecule has 0 aliphatic heterocycles. The van der Waals surface area contributed by atoms with Gasteiger partial charge in [-0.15, -0.1) is 11.6 Å². The summed E-state index contributed by atoms with van der Waals surface area (Å²) in [6.07, 6.45) is 9.07. The zero-order valence-corrected chi connectivity index (χ0v) is 17.3. The van der Waals surface area contributed by atoms with E-state index in [0.717, 1.165) is 56.1 Å². The molecule has 0 saturated heterocycles. The van der Waals surface area contributed by atoms with Gasteiger partial charge >= 0.3 is 0 Å². The highest BCUT2D eigenvalue weighted by molar-refractivity contribution is 6.23. The number of aromatic nitrogens is 3. The molecule has 0 bridgehead atoms. The molecule has 2 fully saturated rings. The number of aromatic amines is 1. The Morgan fingerprint density at radius 1 is 1.24 bits per heavy atom. The summed E-state index contributed by atoms with van der Waals surface area (Å²) in [5.41, 5.74) is 8.23. The average molecular weight is 404 g/mol. The summed E-state index contributed by atoms with van der Waals surface area (Å²) in [4.78, 5) is 8.53. The van der Waals surface area contributed by atoms with E-state index in [2.05, 4.69) is 47.1 Å². The molecule has 4 nitrogen and oxygen atoms in total. The number of nitrogens with zero attached hydrogens (tertiary/aromatic N) is 2. The van der Waals surface area contributed by atoms with Crippen LogP contribution in [0.5, 0.6) is 0 Å². The van der Waals surface area contributed by atoms with Gasteiger partial charge in [0.25, 0.3) is 0 Å². The molecule has 3 aliphatic rings. The third-order valence-electron chi connectivity index (χ3n) is 6.47. The standard InChI is InChI=1S/C24H22ClN3O/c1-11(15-6-7-17-19(8-15)22(17)25)18-9-16(21-12(2)28-29-13(21)3)10-20-23(18)27-24(26-20)14-4-5-14/h6-10,14,17,19,22H,1,4-5H2,2-3H3,(H,26,27)/t17-,19?,22?/m1/s1. The van der Waals surface area contributed by atoms with Crippen LogP contribution in [-0.2, 0) is 0 Å². The lowest BCUT2D eigenvalue weighted by Gasteiger charge is -2.13. The fraction of sp³-hybridized carbons (Fsp3) is 0.333. The molecule has 5 heteroatoms. The first kappa shape index (κ1) is 17.3. The van der Waals surface area contributed by atoms with Crippen LogP contribution in [0.3, 0.4) is 0 Å². The zero-order valence-electron chi connectivity index (χ0n) is 16.5. The van der Waals surface area contributed by atoms with E-state index < -0.39 is 0 Å². The Morgan fingerprint density at radius 3 is 2.76 bits per heavy atom. The van der Waals surface area contributed by atoms with Gasteiger partial charge in [0, 0.05) is 34.3 Å². The molecule has 6 rings (SSSR count). The molecule has 146 valence electrons. The number of rotatable bonds is 4. The third kappa shape index (κ3) is 2.66. The number of nitrogens with one attached hydrogen (secondary N) is 1. The molecule has 2 saturated carbocycles. The molecule has 3 atom stereocenters. The van der Waals surface area contributed by atoms with Crippen molar-refractivity contribution in [3.05, 3.63) is 65.4 Å². The molecular weight excluding hydrogens is 382 g/mol. The first-order valence-corrected chi connectivity index (χ1v) is 10.7. The van der Waals surface area contributed by atoms with E-state index in [9.17, 15) is 0 Å². The predicted octanol–water partition coefficient (Wildman–Crippen LogP) is 6.07. The highest BCUT2D eigenvalue weighted by atomic mass is 35.5. The first-order chi connectivity index (χ1) is 14.0. The van der Waals surface area contributed by atoms with E-state index in [0.29, 0.717) is 17.8 Å². The van der Waals surface area contributed by atoms with Gasteiger partial charge < -0.3 is 9.51 Å². The van der Waals surface area contributed by atoms with Crippen molar-refractivity contribution in [1.82, 2.24) is 15.1 Å². The Labute approximate surface area is 174 Å². The van der Waals surface area contributed by atoms with Gasteiger partial charge in [-0.05, 0) is 55.5 Å². The van der Waals surface area contributed by atoms with Crippen LogP contribution >= 0.6 is 11.6 Å². The van der Waals surface area contributed by atoms with E-state index in [1.165, 1.54) is 12.8 Å². The fourth-order valence-corrected chi connectivity index (χ4v) is 4.96. The minimum atomic E-state index is 0.219. The van der Waals surface area contributed by atoms with Gasteiger partial charge in [-0.1, -0.05) is 30.0 Å². The lowest BCUT2D eigenvalue weighted by Crippen LogP contribution is -1.94. The van der Waals surface area contributed by atoms with Crippen LogP contribution in [-0.4, -0.2) is 20.5 Å². The predicted molar refractivity (Wildman–Crippen MR) is 116 cm³/mol. The van der Waals surface area contributed by atoms with Crippen LogP contribution in [0.15, 0.2) is 47.0 Å². The van der Waals surface area contributed by atoms with Gasteiger partial charge in [-0.25, -0.2) is 4.98 Å². The van der Waals surface area contributed by atoms with Crippen molar-refractivity contribution < 1.29 is 4.52 Å². The molecule has 29 heavy (non-hydrogen) atoms. The van der Waals surface area contributed by atoms with E-state index in [4.69, 9.17) is 21.1 Å². The number of hydrogen-bond donors (Lipinski definition) is 1. The van der Waals surface area contributed by atoms with Crippen molar-refractivity contribution in [3.63, 3.8) is 0 Å². The van der Waals surface area contributed by atoms with E-state index >= 15 is 0 Å². The van der Waals surface area contributed by atoms with E-state index in [-0.39, 0.29) is 5.38 Å². The van der Waals surface area contributed by atoms with Crippen molar-refractivity contribution in [3.8, 4) is 11.1 Å². The minimum absolute atomic E-state index is 0.219. The lowest BCUT2D eigenvalue weighted by atomic mass is 9.91. The van der Waals surface area contributed by atoms with Gasteiger partial charge in [-0.3, -0.25) is 0 Å². The molecule has 3 aliphatic carbocycles. The van der Waals surface area contributed by atoms with Crippen LogP contribution in [0.2, 0.25) is 0 Å². The number of hydrogen-bond acceptors (Lipinski definition) is 3. The number of H-pyrrole nitrogens is 1. The summed E-state index contributed by atoms with van der Waals surface area (Å²) >= 11 is 6.38. The maximum absolute atomic E-state index is 6.38. The zero-order chi connectivity index (χ0) is 19.9. The quantitative estimate of drug-likeness (QED) is 0.537. The van der Waals surface area contributed by atoms with Gasteiger partial charge in [-0.2, -0.15) is 0 Å². The van der Waals surface area contributed by atoms with E-state index in [1.807, 2.05) is 13.8 Å². The largest absolute Gasteiger partial charge is 0.361 e. The van der Waals surface area contributed by atoms with Crippen LogP contribution in [0.1, 0.15) is 41.6 Å². The molecule has 2 heterocycles. The second kappa shape index (κ2) is 5.96. The van der Waals surface area contributed by atoms with Gasteiger partial charge in [0.1, 0.15) is 11.6 Å². The molecule has 2 aromatic heterocycles. The lowest BCUT2D eigenvalue weighted by molar-refractivity contribution is 0.393. The summed E-state index contributed by atoms with van der Waals surface area (Å²) in [7, 11) is 0. The van der Waals surface area contributed by atoms with Crippen LogP contribution in [0.4, 0.5) is 0 Å². The maximum atomic E-state index is 6.38. The monoisotopic (exact) mass is 403 g/mol. The Morgan fingerprint density at radius 2 is 2.07 bits per heavy atom. The number of allylic oxidation sites excluding steroid dienone is 5. The number of imidazole rings is 1. The van der Waals surface area contributed by atoms with Gasteiger partial charge in [0.15, 0.2) is 0 Å². The Hall–Kier alpha value is -2.59. The van der Waals surface area contributed by atoms with Crippen molar-refractivity contribution in [2.45, 2.75) is 38.0 Å². The van der Waals surface area contributed by atoms with Gasteiger partial charge in [0.2, 0.25) is 0 Å². The average Bonchev–Trinajstić information content (AvgIpc) is 3.60. The second-order valence-corrected chi connectivity index (χ2v) is 9.08. The normalized spacial score (nSPS) is 25.2. The Balaban J connectivity index is 1.53. The molecule has 0 spiro atoms. The summed E-state index contributed by atoms with van der Waals surface area (Å²) in [6.45, 7) is 8.39. The molecule has 2 unspecified atom stereocenters. The molecule has 1 N–H and O–H groups in total. The smallest absolute Gasteiger partial charge is 0.141 e. The molecule has 0 amide bonds. The van der Waals surface area contributed by atoms with Gasteiger partial charge in [0.05, 0.1) is 16.7 Å². The first-order valence-electron chi connectivity index (χ1n) is 10.2. The highest BCUT2D eigenvalue weighted by Gasteiger charge is 2.47. The van der Waals surface area contributed by atoms with Crippen molar-refractivity contribution >= 4 is 28.2 Å². The number of halogens is 1. The second-order valence-electron chi connectivity index (χ2n) is 8.57. The van der Waals surface area contributed by atoms with Crippen LogP contribution < -0.4 is 0 Å². The van der Waals surface area contributed by atoms with Crippen molar-refractivity contribution in [2.75, 3.05) is 0 Å². The number of fused-ring (bicyclic) bond motifs is 2. The Bertz CT molecular complexity index is 1220. The summed E-state index contributed by atoms with van der Waals surface area (Å²) in [5.74, 6) is 3.37. The summed E-state index contributed by atoms with van der Waals surface area (Å²) in [6, 6.07) is 4.34. The number of benzene rings is 1. The van der Waals surface area contributed by atoms with Crippen LogP contribution in [0.25, 0.3) is 27.7 Å². The Kier molecular flexibility index (Phi) is 3.55. The molecular formula is C24H22ClN3O. The maximum Gasteiger partial charge on any atom is 0.141 e. The third-order valence-corrected chi connectivity index (χ3v) is 7.06. The van der Waals surface area contributed by atoms with Crippen molar-refractivity contribution in [2.24, 2.45) is 11.8 Å². The van der Waals surface area contributed by atoms with Crippen LogP contribution in [0, 0.1) is 25.7 Å². The van der Waals surface area contributed by atoms with E-state index in [1.54, 1.807) is 0 Å². The minimum Gasteiger partial charge on any atom is -0.361 e.